The van der Waals surface area contributed by atoms with Gasteiger partial charge in [-0.25, -0.2) is 4.98 Å². The van der Waals surface area contributed by atoms with Crippen LogP contribution in [-0.2, 0) is 4.79 Å². The zero-order chi connectivity index (χ0) is 17.3. The van der Waals surface area contributed by atoms with Gasteiger partial charge in [-0.2, -0.15) is 0 Å². The van der Waals surface area contributed by atoms with Crippen molar-refractivity contribution in [2.75, 3.05) is 13.2 Å². The molecule has 24 heavy (non-hydrogen) atoms. The molecule has 3 rings (SSSR count). The zero-order valence-electron chi connectivity index (χ0n) is 13.8. The molecule has 0 bridgehead atoms. The average molecular weight is 343 g/mol. The van der Waals surface area contributed by atoms with Crippen molar-refractivity contribution in [3.05, 3.63) is 40.2 Å². The second kappa shape index (κ2) is 6.83. The molecule has 5 nitrogen and oxygen atoms in total. The maximum Gasteiger partial charge on any atom is 0.169 e. The number of likely N-dealkylation sites (tertiary alicyclic amines) is 1. The van der Waals surface area contributed by atoms with Gasteiger partial charge in [-0.1, -0.05) is 36.8 Å². The highest BCUT2D eigenvalue weighted by atomic mass is 32.1. The molecule has 2 N–H and O–H groups in total. The lowest BCUT2D eigenvalue weighted by molar-refractivity contribution is -0.118. The standard InChI is InChI=1S/C18H21N3O2S/c1-3-13(9-22)21-8-15(23)16(17(21)19)18-20-14(10-24-18)12-6-4-11(2)5-7-12/h4-7,10,13,16,19,22H,3,8-9H2,1-2H3. The SMILES string of the molecule is CCC(CO)N1CC(=O)C(c2nc(-c3ccc(C)cc3)cs2)C1=N. The van der Waals surface area contributed by atoms with Crippen LogP contribution in [0.1, 0.15) is 29.8 Å². The summed E-state index contributed by atoms with van der Waals surface area (Å²) < 4.78 is 0. The predicted molar refractivity (Wildman–Crippen MR) is 95.6 cm³/mol. The minimum atomic E-state index is -0.602. The van der Waals surface area contributed by atoms with Crippen LogP contribution in [0.4, 0.5) is 0 Å². The average Bonchev–Trinajstić information content (AvgIpc) is 3.15. The van der Waals surface area contributed by atoms with E-state index < -0.39 is 5.92 Å². The third-order valence-electron chi connectivity index (χ3n) is 4.47. The van der Waals surface area contributed by atoms with Crippen LogP contribution in [0.3, 0.4) is 0 Å². The number of aromatic nitrogens is 1. The van der Waals surface area contributed by atoms with E-state index in [4.69, 9.17) is 5.41 Å². The number of benzene rings is 1. The van der Waals surface area contributed by atoms with E-state index >= 15 is 0 Å². The first-order valence-electron chi connectivity index (χ1n) is 8.06. The third-order valence-corrected chi connectivity index (χ3v) is 5.38. The number of rotatable bonds is 5. The summed E-state index contributed by atoms with van der Waals surface area (Å²) in [6.07, 6.45) is 0.700. The lowest BCUT2D eigenvalue weighted by Gasteiger charge is -2.26. The number of aliphatic hydroxyl groups is 1. The van der Waals surface area contributed by atoms with Crippen LogP contribution in [0.5, 0.6) is 0 Å². The molecule has 0 aliphatic carbocycles. The highest BCUT2D eigenvalue weighted by molar-refractivity contribution is 7.10. The van der Waals surface area contributed by atoms with E-state index in [1.165, 1.54) is 16.9 Å². The summed E-state index contributed by atoms with van der Waals surface area (Å²) in [5.74, 6) is -0.364. The normalized spacial score (nSPS) is 19.1. The number of thiazole rings is 1. The van der Waals surface area contributed by atoms with E-state index in [2.05, 4.69) is 4.98 Å². The first-order valence-corrected chi connectivity index (χ1v) is 8.94. The Kier molecular flexibility index (Phi) is 4.78. The Bertz CT molecular complexity index is 750. The summed E-state index contributed by atoms with van der Waals surface area (Å²) in [5.41, 5.74) is 3.04. The highest BCUT2D eigenvalue weighted by Crippen LogP contribution is 2.32. The monoisotopic (exact) mass is 343 g/mol. The summed E-state index contributed by atoms with van der Waals surface area (Å²) in [6, 6.07) is 7.92. The minimum Gasteiger partial charge on any atom is -0.394 e. The van der Waals surface area contributed by atoms with Crippen molar-refractivity contribution < 1.29 is 9.90 Å². The van der Waals surface area contributed by atoms with Gasteiger partial charge in [0.2, 0.25) is 0 Å². The predicted octanol–water partition coefficient (Wildman–Crippen LogP) is 2.83. The minimum absolute atomic E-state index is 0.0169. The molecule has 1 fully saturated rings. The van der Waals surface area contributed by atoms with Crippen LogP contribution < -0.4 is 0 Å². The van der Waals surface area contributed by atoms with Crippen molar-refractivity contribution >= 4 is 23.0 Å². The highest BCUT2D eigenvalue weighted by Gasteiger charge is 2.41. The first-order chi connectivity index (χ1) is 11.5. The number of hydrogen-bond donors (Lipinski definition) is 2. The Hall–Kier alpha value is -2.05. The summed E-state index contributed by atoms with van der Waals surface area (Å²) in [4.78, 5) is 18.7. The Balaban J connectivity index is 1.86. The van der Waals surface area contributed by atoms with Gasteiger partial charge in [-0.15, -0.1) is 11.3 Å². The van der Waals surface area contributed by atoms with Crippen molar-refractivity contribution in [1.29, 1.82) is 5.41 Å². The lowest BCUT2D eigenvalue weighted by Crippen LogP contribution is -2.39. The fourth-order valence-electron chi connectivity index (χ4n) is 2.97. The van der Waals surface area contributed by atoms with Crippen molar-refractivity contribution in [2.24, 2.45) is 0 Å². The van der Waals surface area contributed by atoms with E-state index in [9.17, 15) is 9.90 Å². The van der Waals surface area contributed by atoms with E-state index in [1.54, 1.807) is 4.90 Å². The van der Waals surface area contributed by atoms with E-state index in [-0.39, 0.29) is 30.8 Å². The number of Topliss-reactive ketones (excluding diaryl/α,β-unsaturated/α-hetero) is 1. The van der Waals surface area contributed by atoms with Crippen molar-refractivity contribution in [1.82, 2.24) is 9.88 Å². The van der Waals surface area contributed by atoms with Crippen LogP contribution >= 0.6 is 11.3 Å². The van der Waals surface area contributed by atoms with Crippen molar-refractivity contribution in [2.45, 2.75) is 32.2 Å². The van der Waals surface area contributed by atoms with Crippen LogP contribution in [0.25, 0.3) is 11.3 Å². The van der Waals surface area contributed by atoms with E-state index in [0.717, 1.165) is 11.3 Å². The van der Waals surface area contributed by atoms with Gasteiger partial charge in [-0.05, 0) is 13.3 Å². The lowest BCUT2D eigenvalue weighted by atomic mass is 10.1. The zero-order valence-corrected chi connectivity index (χ0v) is 14.6. The molecule has 1 saturated heterocycles. The molecular formula is C18H21N3O2S. The molecule has 0 saturated carbocycles. The molecule has 2 heterocycles. The van der Waals surface area contributed by atoms with Crippen molar-refractivity contribution in [3.63, 3.8) is 0 Å². The molecule has 2 atom stereocenters. The number of carbonyl (C=O) groups excluding carboxylic acids is 1. The van der Waals surface area contributed by atoms with Gasteiger partial charge in [0.15, 0.2) is 5.78 Å². The van der Waals surface area contributed by atoms with Crippen LogP contribution in [0, 0.1) is 12.3 Å². The van der Waals surface area contributed by atoms with Gasteiger partial charge in [0.05, 0.1) is 24.9 Å². The van der Waals surface area contributed by atoms with Crippen LogP contribution in [0.15, 0.2) is 29.6 Å². The molecule has 126 valence electrons. The molecule has 2 unspecified atom stereocenters. The molecule has 1 aromatic carbocycles. The number of carbonyl (C=O) groups is 1. The van der Waals surface area contributed by atoms with Gasteiger partial charge in [0.25, 0.3) is 0 Å². The number of nitrogens with zero attached hydrogens (tertiary/aromatic N) is 2. The number of aryl methyl sites for hydroxylation is 1. The van der Waals surface area contributed by atoms with Gasteiger partial charge in [-0.3, -0.25) is 10.2 Å². The maximum absolute atomic E-state index is 12.4. The Labute approximate surface area is 145 Å². The van der Waals surface area contributed by atoms with Gasteiger partial charge < -0.3 is 10.0 Å². The largest absolute Gasteiger partial charge is 0.394 e. The fraction of sp³-hybridized carbons (Fsp3) is 0.389. The molecule has 2 aromatic rings. The Morgan fingerprint density at radius 2 is 2.12 bits per heavy atom. The Morgan fingerprint density at radius 3 is 2.75 bits per heavy atom. The number of amidine groups is 1. The van der Waals surface area contributed by atoms with Gasteiger partial charge in [0.1, 0.15) is 16.8 Å². The smallest absolute Gasteiger partial charge is 0.169 e. The van der Waals surface area contributed by atoms with Crippen LogP contribution in [-0.4, -0.2) is 45.8 Å². The van der Waals surface area contributed by atoms with Crippen molar-refractivity contribution in [3.8, 4) is 11.3 Å². The van der Waals surface area contributed by atoms with Gasteiger partial charge in [0, 0.05) is 10.9 Å². The molecule has 1 aromatic heterocycles. The van der Waals surface area contributed by atoms with E-state index in [0.29, 0.717) is 11.4 Å². The summed E-state index contributed by atoms with van der Waals surface area (Å²) in [7, 11) is 0. The number of ketones is 1. The molecule has 1 aliphatic rings. The second-order valence-electron chi connectivity index (χ2n) is 6.09. The van der Waals surface area contributed by atoms with Crippen LogP contribution in [0.2, 0.25) is 0 Å². The topological polar surface area (TPSA) is 77.3 Å². The second-order valence-corrected chi connectivity index (χ2v) is 6.98. The summed E-state index contributed by atoms with van der Waals surface area (Å²) >= 11 is 1.42. The number of hydrogen-bond acceptors (Lipinski definition) is 5. The molecule has 6 heteroatoms. The summed E-state index contributed by atoms with van der Waals surface area (Å²) in [6.45, 7) is 4.12. The third kappa shape index (κ3) is 2.99. The number of aliphatic hydroxyl groups excluding tert-OH is 1. The maximum atomic E-state index is 12.4. The molecular weight excluding hydrogens is 322 g/mol. The van der Waals surface area contributed by atoms with Gasteiger partial charge >= 0.3 is 0 Å². The Morgan fingerprint density at radius 1 is 1.42 bits per heavy atom. The van der Waals surface area contributed by atoms with E-state index in [1.807, 2.05) is 43.5 Å². The fourth-order valence-corrected chi connectivity index (χ4v) is 3.92. The first kappa shape index (κ1) is 16.8. The number of nitrogens with one attached hydrogen (secondary N) is 1. The molecule has 1 aliphatic heterocycles. The summed E-state index contributed by atoms with van der Waals surface area (Å²) in [5, 5.41) is 20.4. The quantitative estimate of drug-likeness (QED) is 0.875. The molecule has 0 spiro atoms. The molecule has 0 radical (unpaired) electrons. The molecule has 0 amide bonds.